The Labute approximate surface area is 146 Å². The van der Waals surface area contributed by atoms with Crippen LogP contribution in [0.3, 0.4) is 0 Å². The summed E-state index contributed by atoms with van der Waals surface area (Å²) in [5.74, 6) is 5.14. The minimum Gasteiger partial charge on any atom is -0.373 e. The van der Waals surface area contributed by atoms with Crippen LogP contribution in [0.15, 0.2) is 36.0 Å². The lowest BCUT2D eigenvalue weighted by atomic mass is 9.48. The Hall–Kier alpha value is -1.26. The highest BCUT2D eigenvalue weighted by molar-refractivity contribution is 5.42. The van der Waals surface area contributed by atoms with Crippen LogP contribution in [0, 0.1) is 41.4 Å². The second-order valence-electron chi connectivity index (χ2n) is 8.66. The topological polar surface area (TPSA) is 20.2 Å². The van der Waals surface area contributed by atoms with Crippen molar-refractivity contribution in [2.24, 2.45) is 29.1 Å². The lowest BCUT2D eigenvalue weighted by molar-refractivity contribution is -0.0692. The van der Waals surface area contributed by atoms with E-state index in [-0.39, 0.29) is 5.41 Å². The van der Waals surface area contributed by atoms with Crippen molar-refractivity contribution < 1.29 is 5.11 Å². The predicted octanol–water partition coefficient (Wildman–Crippen LogP) is 5.04. The average Bonchev–Trinajstić information content (AvgIpc) is 2.83. The maximum absolute atomic E-state index is 11.4. The third-order valence-corrected chi connectivity index (χ3v) is 8.04. The highest BCUT2D eigenvalue weighted by Gasteiger charge is 2.65. The van der Waals surface area contributed by atoms with Crippen LogP contribution in [-0.4, -0.2) is 10.7 Å². The minimum atomic E-state index is -1.15. The van der Waals surface area contributed by atoms with Crippen molar-refractivity contribution >= 4 is 0 Å². The highest BCUT2D eigenvalue weighted by Crippen LogP contribution is 2.68. The summed E-state index contributed by atoms with van der Waals surface area (Å²) >= 11 is 0. The van der Waals surface area contributed by atoms with Gasteiger partial charge in [-0.2, -0.15) is 0 Å². The van der Waals surface area contributed by atoms with Gasteiger partial charge in [0, 0.05) is 5.41 Å². The molecule has 4 aliphatic rings. The normalized spacial score (nSPS) is 47.3. The molecule has 1 heteroatoms. The van der Waals surface area contributed by atoms with Crippen LogP contribution < -0.4 is 0 Å². The van der Waals surface area contributed by atoms with Crippen LogP contribution in [0.1, 0.15) is 58.3 Å². The summed E-state index contributed by atoms with van der Waals surface area (Å²) in [6.45, 7) is 10.9. The molecule has 0 radical (unpaired) electrons. The number of rotatable bonds is 1. The fourth-order valence-corrected chi connectivity index (χ4v) is 6.97. The van der Waals surface area contributed by atoms with Gasteiger partial charge in [0.15, 0.2) is 5.60 Å². The zero-order valence-corrected chi connectivity index (χ0v) is 15.0. The maximum Gasteiger partial charge on any atom is 0.152 e. The van der Waals surface area contributed by atoms with Gasteiger partial charge >= 0.3 is 0 Å². The van der Waals surface area contributed by atoms with Gasteiger partial charge < -0.3 is 5.11 Å². The standard InChI is InChI=1S/C23H30O/c1-5-22-14-15(3)21-18-10-8-7-9-17(18)11-12-19(21)20(22)13-16(4)23(22,24)6-2/h2,9,18-21,24H,3-5,7-8,10-14H2,1H3/t18-,19-,20-,21+,22-,23-/m0/s1. The van der Waals surface area contributed by atoms with Crippen LogP contribution in [0.2, 0.25) is 0 Å². The van der Waals surface area contributed by atoms with Gasteiger partial charge in [-0.3, -0.25) is 0 Å². The Bertz CT molecular complexity index is 662. The van der Waals surface area contributed by atoms with Crippen molar-refractivity contribution in [3.63, 3.8) is 0 Å². The van der Waals surface area contributed by atoms with E-state index >= 15 is 0 Å². The summed E-state index contributed by atoms with van der Waals surface area (Å²) in [5, 5.41) is 11.4. The molecule has 128 valence electrons. The molecule has 1 N–H and O–H groups in total. The molecule has 0 spiro atoms. The summed E-state index contributed by atoms with van der Waals surface area (Å²) in [5.41, 5.74) is 2.52. The average molecular weight is 322 g/mol. The van der Waals surface area contributed by atoms with Gasteiger partial charge in [-0.15, -0.1) is 6.42 Å². The lowest BCUT2D eigenvalue weighted by Gasteiger charge is -2.56. The highest BCUT2D eigenvalue weighted by atomic mass is 16.3. The first kappa shape index (κ1) is 16.2. The third-order valence-electron chi connectivity index (χ3n) is 8.04. The SMILES string of the molecule is C#C[C@]1(O)C(=C)C[C@H]2[C@@H]3CCC4=CCCC[C@@H]4[C@H]3C(=C)C[C@@]21CC. The second-order valence-corrected chi connectivity index (χ2v) is 8.66. The van der Waals surface area contributed by atoms with Crippen molar-refractivity contribution in [2.45, 2.75) is 63.9 Å². The van der Waals surface area contributed by atoms with E-state index in [2.05, 4.69) is 32.1 Å². The van der Waals surface area contributed by atoms with E-state index in [9.17, 15) is 5.11 Å². The number of fused-ring (bicyclic) bond motifs is 5. The van der Waals surface area contributed by atoms with Crippen LogP contribution in [-0.2, 0) is 0 Å². The molecule has 3 fully saturated rings. The first-order valence-corrected chi connectivity index (χ1v) is 9.73. The fourth-order valence-electron chi connectivity index (χ4n) is 6.97. The van der Waals surface area contributed by atoms with E-state index in [1.807, 2.05) is 0 Å². The molecule has 6 atom stereocenters. The van der Waals surface area contributed by atoms with Crippen LogP contribution in [0.5, 0.6) is 0 Å². The van der Waals surface area contributed by atoms with E-state index in [1.54, 1.807) is 5.57 Å². The van der Waals surface area contributed by atoms with Gasteiger partial charge in [0.05, 0.1) is 0 Å². The first-order chi connectivity index (χ1) is 11.5. The van der Waals surface area contributed by atoms with Crippen molar-refractivity contribution in [1.82, 2.24) is 0 Å². The quantitative estimate of drug-likeness (QED) is 0.530. The minimum absolute atomic E-state index is 0.243. The molecule has 0 aromatic rings. The summed E-state index contributed by atoms with van der Waals surface area (Å²) in [4.78, 5) is 0. The van der Waals surface area contributed by atoms with Crippen molar-refractivity contribution in [3.8, 4) is 12.3 Å². The first-order valence-electron chi connectivity index (χ1n) is 9.73. The second kappa shape index (κ2) is 5.37. The molecule has 0 aliphatic heterocycles. The Morgan fingerprint density at radius 2 is 2.17 bits per heavy atom. The van der Waals surface area contributed by atoms with Gasteiger partial charge in [0.1, 0.15) is 0 Å². The number of hydrogen-bond acceptors (Lipinski definition) is 1. The largest absolute Gasteiger partial charge is 0.373 e. The third kappa shape index (κ3) is 1.81. The molecule has 0 saturated heterocycles. The molecule has 4 rings (SSSR count). The van der Waals surface area contributed by atoms with Crippen molar-refractivity contribution in [3.05, 3.63) is 36.0 Å². The zero-order chi connectivity index (χ0) is 17.1. The van der Waals surface area contributed by atoms with Crippen LogP contribution >= 0.6 is 0 Å². The van der Waals surface area contributed by atoms with E-state index in [1.165, 1.54) is 37.7 Å². The molecule has 0 unspecified atom stereocenters. The Kier molecular flexibility index (Phi) is 3.63. The lowest BCUT2D eigenvalue weighted by Crippen LogP contribution is -2.54. The number of terminal acetylenes is 1. The Morgan fingerprint density at radius 1 is 1.38 bits per heavy atom. The molecule has 24 heavy (non-hydrogen) atoms. The van der Waals surface area contributed by atoms with Crippen molar-refractivity contribution in [1.29, 1.82) is 0 Å². The Morgan fingerprint density at radius 3 is 2.88 bits per heavy atom. The molecule has 1 nitrogen and oxygen atoms in total. The van der Waals surface area contributed by atoms with Crippen LogP contribution in [0.25, 0.3) is 0 Å². The van der Waals surface area contributed by atoms with E-state index in [0.717, 1.165) is 24.8 Å². The summed E-state index contributed by atoms with van der Waals surface area (Å²) in [6, 6.07) is 0. The van der Waals surface area contributed by atoms with E-state index in [4.69, 9.17) is 6.42 Å². The number of hydrogen-bond donors (Lipinski definition) is 1. The van der Waals surface area contributed by atoms with Gasteiger partial charge in [-0.05, 0) is 80.6 Å². The maximum atomic E-state index is 11.4. The van der Waals surface area contributed by atoms with Crippen LogP contribution in [0.4, 0.5) is 0 Å². The molecular formula is C23H30O. The monoisotopic (exact) mass is 322 g/mol. The molecule has 0 aromatic carbocycles. The zero-order valence-electron chi connectivity index (χ0n) is 15.0. The van der Waals surface area contributed by atoms with Crippen molar-refractivity contribution in [2.75, 3.05) is 0 Å². The van der Waals surface area contributed by atoms with E-state index < -0.39 is 5.60 Å². The smallest absolute Gasteiger partial charge is 0.152 e. The molecular weight excluding hydrogens is 292 g/mol. The molecule has 3 saturated carbocycles. The fraction of sp³-hybridized carbons (Fsp3) is 0.652. The predicted molar refractivity (Wildman–Crippen MR) is 99.1 cm³/mol. The van der Waals surface area contributed by atoms with Gasteiger partial charge in [0.25, 0.3) is 0 Å². The molecule has 0 bridgehead atoms. The van der Waals surface area contributed by atoms with Gasteiger partial charge in [-0.1, -0.05) is 43.2 Å². The van der Waals surface area contributed by atoms with E-state index in [0.29, 0.717) is 23.7 Å². The summed E-state index contributed by atoms with van der Waals surface area (Å²) in [7, 11) is 0. The molecule has 0 amide bonds. The van der Waals surface area contributed by atoms with Gasteiger partial charge in [-0.25, -0.2) is 0 Å². The number of allylic oxidation sites excluding steroid dienone is 3. The number of aliphatic hydroxyl groups is 1. The summed E-state index contributed by atoms with van der Waals surface area (Å²) in [6.07, 6.45) is 17.4. The molecule has 4 aliphatic carbocycles. The summed E-state index contributed by atoms with van der Waals surface area (Å²) < 4.78 is 0. The van der Waals surface area contributed by atoms with Gasteiger partial charge in [0.2, 0.25) is 0 Å². The molecule has 0 heterocycles. The Balaban J connectivity index is 1.78. The molecule has 0 aromatic heterocycles.